The monoisotopic (exact) mass is 383 g/mol. The summed E-state index contributed by atoms with van der Waals surface area (Å²) in [6.07, 6.45) is -3.47. The minimum atomic E-state index is -4.20. The fourth-order valence-electron chi connectivity index (χ4n) is 3.00. The Hall–Kier alpha value is -1.93. The number of hydrogen-bond acceptors (Lipinski definition) is 4. The molecule has 140 valence electrons. The van der Waals surface area contributed by atoms with Crippen LogP contribution >= 0.6 is 11.3 Å². The highest BCUT2D eigenvalue weighted by molar-refractivity contribution is 7.13. The van der Waals surface area contributed by atoms with Crippen molar-refractivity contribution >= 4 is 17.2 Å². The van der Waals surface area contributed by atoms with E-state index in [2.05, 4.69) is 4.98 Å². The maximum absolute atomic E-state index is 12.5. The number of amides is 1. The summed E-state index contributed by atoms with van der Waals surface area (Å²) in [6.45, 7) is 0.505. The molecule has 2 aromatic rings. The first-order valence-electron chi connectivity index (χ1n) is 8.47. The van der Waals surface area contributed by atoms with E-state index < -0.39 is 12.7 Å². The van der Waals surface area contributed by atoms with Gasteiger partial charge in [-0.25, -0.2) is 4.98 Å². The van der Waals surface area contributed by atoms with Gasteiger partial charge in [0.1, 0.15) is 5.01 Å². The van der Waals surface area contributed by atoms with Gasteiger partial charge in [0.05, 0.1) is 18.7 Å². The molecular weight excluding hydrogens is 363 g/mol. The molecule has 1 aromatic heterocycles. The van der Waals surface area contributed by atoms with Crippen molar-refractivity contribution in [2.24, 2.45) is 0 Å². The van der Waals surface area contributed by atoms with E-state index in [1.54, 1.807) is 4.90 Å². The van der Waals surface area contributed by atoms with Gasteiger partial charge >= 0.3 is 6.18 Å². The quantitative estimate of drug-likeness (QED) is 0.812. The number of nitrogens with zero attached hydrogens (tertiary/aromatic N) is 3. The number of thiazole rings is 1. The third-order valence-electron chi connectivity index (χ3n) is 4.25. The first kappa shape index (κ1) is 18.8. The molecule has 3 rings (SSSR count). The molecule has 0 N–H and O–H groups in total. The number of carbonyl (C=O) groups is 1. The van der Waals surface area contributed by atoms with Crippen molar-refractivity contribution in [1.29, 1.82) is 0 Å². The molecule has 0 atom stereocenters. The van der Waals surface area contributed by atoms with Crippen molar-refractivity contribution in [1.82, 2.24) is 14.8 Å². The van der Waals surface area contributed by atoms with Crippen LogP contribution in [0.5, 0.6) is 0 Å². The highest BCUT2D eigenvalue weighted by atomic mass is 32.1. The molecule has 0 spiro atoms. The maximum atomic E-state index is 12.5. The van der Waals surface area contributed by atoms with E-state index >= 15 is 0 Å². The van der Waals surface area contributed by atoms with Crippen molar-refractivity contribution in [3.05, 3.63) is 41.4 Å². The molecule has 1 amide bonds. The fraction of sp³-hybridized carbons (Fsp3) is 0.444. The Balaban J connectivity index is 1.56. The van der Waals surface area contributed by atoms with Crippen molar-refractivity contribution in [3.8, 4) is 10.6 Å². The second-order valence-electron chi connectivity index (χ2n) is 6.31. The molecular formula is C18H20F3N3OS. The number of hydrogen-bond donors (Lipinski definition) is 0. The molecule has 1 fully saturated rings. The summed E-state index contributed by atoms with van der Waals surface area (Å²) in [6, 6.07) is 9.74. The molecule has 0 unspecified atom stereocenters. The van der Waals surface area contributed by atoms with E-state index in [4.69, 9.17) is 0 Å². The van der Waals surface area contributed by atoms with Gasteiger partial charge in [-0.2, -0.15) is 13.2 Å². The predicted molar refractivity (Wildman–Crippen MR) is 94.9 cm³/mol. The Morgan fingerprint density at radius 3 is 2.62 bits per heavy atom. The molecule has 1 aliphatic rings. The van der Waals surface area contributed by atoms with Crippen LogP contribution in [-0.4, -0.2) is 59.6 Å². The van der Waals surface area contributed by atoms with Crippen LogP contribution in [0.3, 0.4) is 0 Å². The Labute approximate surface area is 154 Å². The van der Waals surface area contributed by atoms with Crippen molar-refractivity contribution in [2.45, 2.75) is 19.0 Å². The average Bonchev–Trinajstić information content (AvgIpc) is 2.93. The predicted octanol–water partition coefficient (Wildman–Crippen LogP) is 3.45. The molecule has 0 saturated carbocycles. The van der Waals surface area contributed by atoms with Crippen LogP contribution in [0.25, 0.3) is 10.6 Å². The lowest BCUT2D eigenvalue weighted by atomic mass is 10.2. The van der Waals surface area contributed by atoms with Gasteiger partial charge < -0.3 is 4.90 Å². The number of benzene rings is 1. The second-order valence-corrected chi connectivity index (χ2v) is 7.17. The van der Waals surface area contributed by atoms with Crippen LogP contribution in [0.1, 0.15) is 12.1 Å². The van der Waals surface area contributed by atoms with E-state index in [0.717, 1.165) is 10.6 Å². The van der Waals surface area contributed by atoms with Gasteiger partial charge in [0.25, 0.3) is 0 Å². The number of carbonyl (C=O) groups excluding carboxylic acids is 1. The molecule has 2 heterocycles. The Kier molecular flexibility index (Phi) is 5.93. The molecule has 1 aromatic carbocycles. The zero-order valence-corrected chi connectivity index (χ0v) is 15.0. The van der Waals surface area contributed by atoms with E-state index in [1.807, 2.05) is 35.7 Å². The Morgan fingerprint density at radius 1 is 1.12 bits per heavy atom. The van der Waals surface area contributed by atoms with Gasteiger partial charge in [0.2, 0.25) is 5.91 Å². The van der Waals surface area contributed by atoms with E-state index in [1.165, 1.54) is 16.2 Å². The zero-order valence-electron chi connectivity index (χ0n) is 14.2. The smallest absolute Gasteiger partial charge is 0.341 e. The number of aromatic nitrogens is 1. The third-order valence-corrected chi connectivity index (χ3v) is 5.19. The topological polar surface area (TPSA) is 36.4 Å². The molecule has 1 saturated heterocycles. The summed E-state index contributed by atoms with van der Waals surface area (Å²) >= 11 is 1.49. The second kappa shape index (κ2) is 8.18. The molecule has 0 bridgehead atoms. The average molecular weight is 383 g/mol. The van der Waals surface area contributed by atoms with E-state index in [0.29, 0.717) is 31.7 Å². The largest absolute Gasteiger partial charge is 0.401 e. The first-order chi connectivity index (χ1) is 12.4. The van der Waals surface area contributed by atoms with Crippen LogP contribution in [0, 0.1) is 0 Å². The lowest BCUT2D eigenvalue weighted by molar-refractivity contribution is -0.145. The number of halogens is 3. The van der Waals surface area contributed by atoms with Crippen LogP contribution in [0.2, 0.25) is 0 Å². The summed E-state index contributed by atoms with van der Waals surface area (Å²) in [5.41, 5.74) is 1.71. The van der Waals surface area contributed by atoms with Crippen molar-refractivity contribution in [3.63, 3.8) is 0 Å². The molecule has 8 heteroatoms. The van der Waals surface area contributed by atoms with Gasteiger partial charge in [-0.15, -0.1) is 11.3 Å². The maximum Gasteiger partial charge on any atom is 0.401 e. The summed E-state index contributed by atoms with van der Waals surface area (Å²) in [5, 5.41) is 2.73. The fourth-order valence-corrected chi connectivity index (χ4v) is 3.83. The highest BCUT2D eigenvalue weighted by Gasteiger charge is 2.31. The minimum Gasteiger partial charge on any atom is -0.341 e. The van der Waals surface area contributed by atoms with Gasteiger partial charge in [-0.3, -0.25) is 9.69 Å². The normalized spacial score (nSPS) is 16.5. The summed E-state index contributed by atoms with van der Waals surface area (Å²) in [5.74, 6) is -0.0798. The van der Waals surface area contributed by atoms with Crippen molar-refractivity contribution < 1.29 is 18.0 Å². The SMILES string of the molecule is O=C(Cc1csc(-c2ccccc2)n1)N1CCCN(CC(F)(F)F)CC1. The number of rotatable bonds is 4. The molecule has 1 aliphatic heterocycles. The zero-order chi connectivity index (χ0) is 18.6. The van der Waals surface area contributed by atoms with E-state index in [-0.39, 0.29) is 18.9 Å². The van der Waals surface area contributed by atoms with Crippen LogP contribution in [-0.2, 0) is 11.2 Å². The van der Waals surface area contributed by atoms with Gasteiger partial charge in [-0.05, 0) is 6.42 Å². The Bertz CT molecular complexity index is 733. The molecule has 0 aliphatic carbocycles. The van der Waals surface area contributed by atoms with Gasteiger partial charge in [0.15, 0.2) is 0 Å². The van der Waals surface area contributed by atoms with Crippen LogP contribution < -0.4 is 0 Å². The lowest BCUT2D eigenvalue weighted by Crippen LogP contribution is -2.39. The van der Waals surface area contributed by atoms with Gasteiger partial charge in [-0.1, -0.05) is 30.3 Å². The Morgan fingerprint density at radius 2 is 1.88 bits per heavy atom. The van der Waals surface area contributed by atoms with Crippen LogP contribution in [0.15, 0.2) is 35.7 Å². The summed E-state index contributed by atoms with van der Waals surface area (Å²) < 4.78 is 37.6. The molecule has 26 heavy (non-hydrogen) atoms. The van der Waals surface area contributed by atoms with Crippen molar-refractivity contribution in [2.75, 3.05) is 32.7 Å². The lowest BCUT2D eigenvalue weighted by Gasteiger charge is -2.22. The number of alkyl halides is 3. The third kappa shape index (κ3) is 5.28. The standard InChI is InChI=1S/C18H20F3N3OS/c19-18(20,21)13-23-7-4-8-24(10-9-23)16(25)11-15-12-26-17(22-15)14-5-2-1-3-6-14/h1-3,5-6,12H,4,7-11,13H2. The molecule has 4 nitrogen and oxygen atoms in total. The molecule has 0 radical (unpaired) electrons. The summed E-state index contributed by atoms with van der Waals surface area (Å²) in [7, 11) is 0. The highest BCUT2D eigenvalue weighted by Crippen LogP contribution is 2.24. The summed E-state index contributed by atoms with van der Waals surface area (Å²) in [4.78, 5) is 20.0. The minimum absolute atomic E-state index is 0.0798. The first-order valence-corrected chi connectivity index (χ1v) is 9.35. The van der Waals surface area contributed by atoms with Gasteiger partial charge in [0, 0.05) is 37.1 Å². The van der Waals surface area contributed by atoms with Crippen LogP contribution in [0.4, 0.5) is 13.2 Å². The van der Waals surface area contributed by atoms with E-state index in [9.17, 15) is 18.0 Å².